The number of rotatable bonds is 2. The van der Waals surface area contributed by atoms with Crippen LogP contribution in [0.2, 0.25) is 0 Å². The molecular formula is C12H19BrN2O3. The zero-order valence-corrected chi connectivity index (χ0v) is 12.2. The molecule has 5 nitrogen and oxygen atoms in total. The van der Waals surface area contributed by atoms with Crippen molar-refractivity contribution in [3.05, 3.63) is 0 Å². The highest BCUT2D eigenvalue weighted by molar-refractivity contribution is 9.09. The third kappa shape index (κ3) is 2.96. The number of amides is 2. The van der Waals surface area contributed by atoms with Crippen LogP contribution in [0.3, 0.4) is 0 Å². The molecule has 102 valence electrons. The summed E-state index contributed by atoms with van der Waals surface area (Å²) in [7, 11) is 0. The molecule has 1 unspecified atom stereocenters. The molecule has 0 N–H and O–H groups in total. The number of halogens is 1. The maximum Gasteiger partial charge on any atom is 0.409 e. The molecule has 0 bridgehead atoms. The van der Waals surface area contributed by atoms with Crippen LogP contribution in [0, 0.1) is 0 Å². The first-order chi connectivity index (χ1) is 8.61. The van der Waals surface area contributed by atoms with Crippen molar-refractivity contribution in [1.29, 1.82) is 0 Å². The van der Waals surface area contributed by atoms with Gasteiger partial charge >= 0.3 is 6.09 Å². The first-order valence-electron chi connectivity index (χ1n) is 6.47. The van der Waals surface area contributed by atoms with Crippen molar-refractivity contribution in [2.45, 2.75) is 37.1 Å². The first kappa shape index (κ1) is 13.6. The number of hydrogen-bond acceptors (Lipinski definition) is 3. The van der Waals surface area contributed by atoms with E-state index in [9.17, 15) is 9.59 Å². The van der Waals surface area contributed by atoms with Gasteiger partial charge in [0, 0.05) is 36.9 Å². The fraction of sp³-hybridized carbons (Fsp3) is 0.833. The van der Waals surface area contributed by atoms with Gasteiger partial charge in [0.05, 0.1) is 6.61 Å². The molecule has 2 fully saturated rings. The van der Waals surface area contributed by atoms with Crippen LogP contribution in [0.5, 0.6) is 0 Å². The molecule has 0 spiro atoms. The quantitative estimate of drug-likeness (QED) is 0.727. The predicted octanol–water partition coefficient (Wildman–Crippen LogP) is 1.60. The molecule has 2 saturated heterocycles. The zero-order valence-electron chi connectivity index (χ0n) is 10.6. The van der Waals surface area contributed by atoms with Gasteiger partial charge in [-0.2, -0.15) is 0 Å². The van der Waals surface area contributed by atoms with E-state index in [1.807, 2.05) is 11.8 Å². The lowest BCUT2D eigenvalue weighted by molar-refractivity contribution is -0.130. The van der Waals surface area contributed by atoms with Gasteiger partial charge < -0.3 is 14.5 Å². The minimum Gasteiger partial charge on any atom is -0.450 e. The number of hydrogen-bond donors (Lipinski definition) is 0. The zero-order chi connectivity index (χ0) is 13.1. The van der Waals surface area contributed by atoms with Crippen LogP contribution in [0.4, 0.5) is 4.79 Å². The SMILES string of the molecule is CCOC(=O)N1CCC(N2CC(Br)CC2=O)CC1. The second-order valence-electron chi connectivity index (χ2n) is 4.76. The second-order valence-corrected chi connectivity index (χ2v) is 6.06. The number of alkyl halides is 1. The van der Waals surface area contributed by atoms with Gasteiger partial charge in [-0.25, -0.2) is 4.79 Å². The van der Waals surface area contributed by atoms with E-state index in [0.29, 0.717) is 26.1 Å². The van der Waals surface area contributed by atoms with Gasteiger partial charge in [0.1, 0.15) is 0 Å². The van der Waals surface area contributed by atoms with Crippen molar-refractivity contribution in [3.8, 4) is 0 Å². The molecule has 6 heteroatoms. The van der Waals surface area contributed by atoms with Crippen LogP contribution in [-0.4, -0.2) is 58.9 Å². The van der Waals surface area contributed by atoms with Gasteiger partial charge in [-0.05, 0) is 19.8 Å². The molecule has 1 atom stereocenters. The maximum absolute atomic E-state index is 11.8. The second kappa shape index (κ2) is 5.91. The maximum atomic E-state index is 11.8. The van der Waals surface area contributed by atoms with Gasteiger partial charge in [0.25, 0.3) is 0 Å². The average Bonchev–Trinajstić information content (AvgIpc) is 2.69. The normalized spacial score (nSPS) is 25.7. The molecule has 0 radical (unpaired) electrons. The molecule has 2 rings (SSSR count). The van der Waals surface area contributed by atoms with E-state index >= 15 is 0 Å². The van der Waals surface area contributed by atoms with Crippen LogP contribution >= 0.6 is 15.9 Å². The molecule has 2 aliphatic rings. The molecule has 2 aliphatic heterocycles. The lowest BCUT2D eigenvalue weighted by Gasteiger charge is -2.36. The van der Waals surface area contributed by atoms with Crippen LogP contribution in [0.1, 0.15) is 26.2 Å². The molecule has 2 heterocycles. The van der Waals surface area contributed by atoms with E-state index in [0.717, 1.165) is 19.4 Å². The van der Waals surface area contributed by atoms with Gasteiger partial charge in [-0.3, -0.25) is 4.79 Å². The van der Waals surface area contributed by atoms with Crippen LogP contribution in [0.25, 0.3) is 0 Å². The Kier molecular flexibility index (Phi) is 4.48. The van der Waals surface area contributed by atoms with Crippen molar-refractivity contribution in [2.75, 3.05) is 26.2 Å². The van der Waals surface area contributed by atoms with Crippen molar-refractivity contribution in [2.24, 2.45) is 0 Å². The summed E-state index contributed by atoms with van der Waals surface area (Å²) in [5.74, 6) is 0.228. The molecule has 0 saturated carbocycles. The van der Waals surface area contributed by atoms with Crippen LogP contribution < -0.4 is 0 Å². The summed E-state index contributed by atoms with van der Waals surface area (Å²) < 4.78 is 4.98. The number of carbonyl (C=O) groups is 2. The molecule has 2 amide bonds. The third-order valence-corrected chi connectivity index (χ3v) is 4.16. The lowest BCUT2D eigenvalue weighted by atomic mass is 10.0. The fourth-order valence-corrected chi connectivity index (χ4v) is 3.20. The average molecular weight is 319 g/mol. The monoisotopic (exact) mass is 318 g/mol. The highest BCUT2D eigenvalue weighted by Crippen LogP contribution is 2.25. The minimum absolute atomic E-state index is 0.228. The summed E-state index contributed by atoms with van der Waals surface area (Å²) in [6.45, 7) is 4.38. The Bertz CT molecular complexity index is 329. The Morgan fingerprint density at radius 1 is 1.44 bits per heavy atom. The predicted molar refractivity (Wildman–Crippen MR) is 70.7 cm³/mol. The van der Waals surface area contributed by atoms with E-state index in [1.54, 1.807) is 4.90 Å². The summed E-state index contributed by atoms with van der Waals surface area (Å²) in [4.78, 5) is 27.3. The van der Waals surface area contributed by atoms with Gasteiger partial charge in [-0.1, -0.05) is 15.9 Å². The van der Waals surface area contributed by atoms with Gasteiger partial charge in [0.2, 0.25) is 5.91 Å². The number of carbonyl (C=O) groups excluding carboxylic acids is 2. The number of piperidine rings is 1. The summed E-state index contributed by atoms with van der Waals surface area (Å²) in [5.41, 5.74) is 0. The highest BCUT2D eigenvalue weighted by Gasteiger charge is 2.35. The van der Waals surface area contributed by atoms with Gasteiger partial charge in [0.15, 0.2) is 0 Å². The summed E-state index contributed by atoms with van der Waals surface area (Å²) in [6.07, 6.45) is 2.06. The topological polar surface area (TPSA) is 49.9 Å². The Hall–Kier alpha value is -0.780. The Morgan fingerprint density at radius 2 is 2.11 bits per heavy atom. The van der Waals surface area contributed by atoms with E-state index < -0.39 is 0 Å². The van der Waals surface area contributed by atoms with E-state index in [1.165, 1.54) is 0 Å². The molecule has 18 heavy (non-hydrogen) atoms. The summed E-state index contributed by atoms with van der Waals surface area (Å²) in [5, 5.41) is 0. The van der Waals surface area contributed by atoms with Gasteiger partial charge in [-0.15, -0.1) is 0 Å². The smallest absolute Gasteiger partial charge is 0.409 e. The molecule has 0 aromatic carbocycles. The molecular weight excluding hydrogens is 300 g/mol. The Morgan fingerprint density at radius 3 is 2.61 bits per heavy atom. The number of nitrogens with zero attached hydrogens (tertiary/aromatic N) is 2. The Balaban J connectivity index is 1.83. The summed E-state index contributed by atoms with van der Waals surface area (Å²) >= 11 is 3.49. The molecule has 0 aromatic heterocycles. The van der Waals surface area contributed by atoms with Crippen molar-refractivity contribution >= 4 is 27.9 Å². The van der Waals surface area contributed by atoms with Crippen molar-refractivity contribution < 1.29 is 14.3 Å². The van der Waals surface area contributed by atoms with E-state index in [2.05, 4.69) is 15.9 Å². The minimum atomic E-state index is -0.234. The van der Waals surface area contributed by atoms with E-state index in [4.69, 9.17) is 4.74 Å². The van der Waals surface area contributed by atoms with Crippen LogP contribution in [-0.2, 0) is 9.53 Å². The molecule has 0 aromatic rings. The van der Waals surface area contributed by atoms with E-state index in [-0.39, 0.29) is 22.9 Å². The lowest BCUT2D eigenvalue weighted by Crippen LogP contribution is -2.47. The van der Waals surface area contributed by atoms with Crippen molar-refractivity contribution in [1.82, 2.24) is 9.80 Å². The standard InChI is InChI=1S/C12H19BrN2O3/c1-2-18-12(17)14-5-3-10(4-6-14)15-8-9(13)7-11(15)16/h9-10H,2-8H2,1H3. The number of ether oxygens (including phenoxy) is 1. The summed E-state index contributed by atoms with van der Waals surface area (Å²) in [6, 6.07) is 0.283. The fourth-order valence-electron chi connectivity index (χ4n) is 2.61. The number of likely N-dealkylation sites (tertiary alicyclic amines) is 2. The highest BCUT2D eigenvalue weighted by atomic mass is 79.9. The molecule has 0 aliphatic carbocycles. The van der Waals surface area contributed by atoms with Crippen molar-refractivity contribution in [3.63, 3.8) is 0 Å². The first-order valence-corrected chi connectivity index (χ1v) is 7.38. The largest absolute Gasteiger partial charge is 0.450 e. The third-order valence-electron chi connectivity index (χ3n) is 3.54. The Labute approximate surface area is 116 Å². The van der Waals surface area contributed by atoms with Crippen LogP contribution in [0.15, 0.2) is 0 Å².